The van der Waals surface area contributed by atoms with Crippen molar-refractivity contribution in [2.75, 3.05) is 12.4 Å². The second-order valence-corrected chi connectivity index (χ2v) is 5.81. The lowest BCUT2D eigenvalue weighted by atomic mass is 10.1. The van der Waals surface area contributed by atoms with E-state index in [1.165, 1.54) is 26.2 Å². The molecule has 2 aromatic carbocycles. The highest BCUT2D eigenvalue weighted by molar-refractivity contribution is 6.01. The van der Waals surface area contributed by atoms with E-state index < -0.39 is 23.5 Å². The number of benzene rings is 2. The minimum absolute atomic E-state index is 0.182. The van der Waals surface area contributed by atoms with Gasteiger partial charge in [0.2, 0.25) is 5.91 Å². The minimum atomic E-state index is -1.28. The molecule has 8 heteroatoms. The van der Waals surface area contributed by atoms with Gasteiger partial charge in [-0.1, -0.05) is 30.3 Å². The second kappa shape index (κ2) is 7.28. The van der Waals surface area contributed by atoms with Gasteiger partial charge in [0.25, 0.3) is 5.56 Å². The third-order valence-electron chi connectivity index (χ3n) is 4.14. The number of nitrogens with one attached hydrogen (secondary N) is 1. The molecule has 1 amide bonds. The number of carbonyl (C=O) groups is 2. The molecule has 0 spiro atoms. The van der Waals surface area contributed by atoms with Crippen LogP contribution in [0.15, 0.2) is 53.3 Å². The summed E-state index contributed by atoms with van der Waals surface area (Å²) in [6.07, 6.45) is 0. The van der Waals surface area contributed by atoms with Gasteiger partial charge in [-0.15, -0.1) is 0 Å². The van der Waals surface area contributed by atoms with Gasteiger partial charge >= 0.3 is 5.97 Å². The first-order valence-electron chi connectivity index (χ1n) is 8.12. The van der Waals surface area contributed by atoms with Crippen LogP contribution in [0.5, 0.6) is 5.75 Å². The van der Waals surface area contributed by atoms with E-state index in [0.29, 0.717) is 11.4 Å². The molecule has 2 N–H and O–H groups in total. The molecule has 0 aliphatic rings. The Bertz CT molecular complexity index is 1090. The van der Waals surface area contributed by atoms with Gasteiger partial charge in [-0.05, 0) is 25.1 Å². The molecular formula is C19H17N3O5. The van der Waals surface area contributed by atoms with Crippen LogP contribution >= 0.6 is 0 Å². The van der Waals surface area contributed by atoms with E-state index >= 15 is 0 Å². The SMILES string of the molecule is COc1ccccc1NC(=O)C(C)n1nc(C(=O)O)c2ccccc2c1=O. The quantitative estimate of drug-likeness (QED) is 0.716. The van der Waals surface area contributed by atoms with Crippen molar-refractivity contribution in [1.29, 1.82) is 0 Å². The Labute approximate surface area is 154 Å². The molecule has 138 valence electrons. The van der Waals surface area contributed by atoms with Crippen LogP contribution in [0.4, 0.5) is 5.69 Å². The maximum atomic E-state index is 12.7. The number of carbonyl (C=O) groups excluding carboxylic acids is 1. The number of fused-ring (bicyclic) bond motifs is 1. The van der Waals surface area contributed by atoms with Gasteiger partial charge in [-0.3, -0.25) is 9.59 Å². The highest BCUT2D eigenvalue weighted by Crippen LogP contribution is 2.24. The average Bonchev–Trinajstić information content (AvgIpc) is 2.68. The van der Waals surface area contributed by atoms with E-state index in [0.717, 1.165) is 4.68 Å². The van der Waals surface area contributed by atoms with Gasteiger partial charge in [0, 0.05) is 5.39 Å². The van der Waals surface area contributed by atoms with Crippen LogP contribution in [0.2, 0.25) is 0 Å². The molecule has 0 fully saturated rings. The van der Waals surface area contributed by atoms with Crippen molar-refractivity contribution >= 4 is 28.3 Å². The zero-order valence-corrected chi connectivity index (χ0v) is 14.7. The fraction of sp³-hybridized carbons (Fsp3) is 0.158. The summed E-state index contributed by atoms with van der Waals surface area (Å²) >= 11 is 0. The van der Waals surface area contributed by atoms with Crippen molar-refractivity contribution in [1.82, 2.24) is 9.78 Å². The molecule has 0 aliphatic carbocycles. The molecule has 1 unspecified atom stereocenters. The average molecular weight is 367 g/mol. The number of hydrogen-bond acceptors (Lipinski definition) is 5. The third kappa shape index (κ3) is 3.37. The van der Waals surface area contributed by atoms with E-state index in [1.807, 2.05) is 0 Å². The lowest BCUT2D eigenvalue weighted by Crippen LogP contribution is -2.34. The normalized spacial score (nSPS) is 11.8. The predicted octanol–water partition coefficient (Wildman–Crippen LogP) is 2.30. The van der Waals surface area contributed by atoms with Gasteiger partial charge < -0.3 is 15.2 Å². The Balaban J connectivity index is 2.04. The van der Waals surface area contributed by atoms with Gasteiger partial charge in [0.05, 0.1) is 18.2 Å². The largest absolute Gasteiger partial charge is 0.495 e. The summed E-state index contributed by atoms with van der Waals surface area (Å²) in [4.78, 5) is 36.9. The molecule has 0 bridgehead atoms. The summed E-state index contributed by atoms with van der Waals surface area (Å²) in [5.74, 6) is -1.35. The lowest BCUT2D eigenvalue weighted by Gasteiger charge is -2.17. The number of nitrogens with zero attached hydrogens (tertiary/aromatic N) is 2. The Morgan fingerprint density at radius 3 is 2.41 bits per heavy atom. The maximum absolute atomic E-state index is 12.7. The van der Waals surface area contributed by atoms with E-state index in [4.69, 9.17) is 4.74 Å². The Kier molecular flexibility index (Phi) is 4.89. The maximum Gasteiger partial charge on any atom is 0.357 e. The summed E-state index contributed by atoms with van der Waals surface area (Å²) in [7, 11) is 1.48. The summed E-state index contributed by atoms with van der Waals surface area (Å²) in [6, 6.07) is 12.1. The number of amides is 1. The molecule has 0 aliphatic heterocycles. The number of hydrogen-bond donors (Lipinski definition) is 2. The van der Waals surface area contributed by atoms with Crippen LogP contribution < -0.4 is 15.6 Å². The van der Waals surface area contributed by atoms with Crippen LogP contribution in [0.3, 0.4) is 0 Å². The smallest absolute Gasteiger partial charge is 0.357 e. The molecule has 3 aromatic rings. The van der Waals surface area contributed by atoms with Gasteiger partial charge in [-0.2, -0.15) is 5.10 Å². The van der Waals surface area contributed by atoms with Crippen LogP contribution in [0.25, 0.3) is 10.8 Å². The first kappa shape index (κ1) is 18.1. The van der Waals surface area contributed by atoms with Crippen LogP contribution in [-0.4, -0.2) is 33.9 Å². The molecular weight excluding hydrogens is 350 g/mol. The Hall–Kier alpha value is -3.68. The zero-order valence-electron chi connectivity index (χ0n) is 14.7. The zero-order chi connectivity index (χ0) is 19.6. The first-order chi connectivity index (χ1) is 12.9. The van der Waals surface area contributed by atoms with Gasteiger partial charge in [-0.25, -0.2) is 9.48 Å². The fourth-order valence-electron chi connectivity index (χ4n) is 2.72. The Morgan fingerprint density at radius 1 is 1.11 bits per heavy atom. The number of aromatic nitrogens is 2. The molecule has 0 saturated heterocycles. The van der Waals surface area contributed by atoms with Crippen molar-refractivity contribution in [3.63, 3.8) is 0 Å². The van der Waals surface area contributed by atoms with Crippen molar-refractivity contribution in [3.8, 4) is 5.75 Å². The first-order valence-corrected chi connectivity index (χ1v) is 8.12. The molecule has 3 rings (SSSR count). The van der Waals surface area contributed by atoms with Crippen LogP contribution in [0.1, 0.15) is 23.5 Å². The van der Waals surface area contributed by atoms with Gasteiger partial charge in [0.1, 0.15) is 11.8 Å². The minimum Gasteiger partial charge on any atom is -0.495 e. The van der Waals surface area contributed by atoms with E-state index in [-0.39, 0.29) is 16.5 Å². The fourth-order valence-corrected chi connectivity index (χ4v) is 2.72. The van der Waals surface area contributed by atoms with Crippen LogP contribution in [0, 0.1) is 0 Å². The number of rotatable bonds is 5. The van der Waals surface area contributed by atoms with Crippen molar-refractivity contribution in [2.24, 2.45) is 0 Å². The predicted molar refractivity (Wildman–Crippen MR) is 99.3 cm³/mol. The summed E-state index contributed by atoms with van der Waals surface area (Å²) in [6.45, 7) is 1.47. The number of carboxylic acid groups (broad SMARTS) is 1. The molecule has 0 radical (unpaired) electrons. The van der Waals surface area contributed by atoms with Gasteiger partial charge in [0.15, 0.2) is 5.69 Å². The molecule has 1 atom stereocenters. The lowest BCUT2D eigenvalue weighted by molar-refractivity contribution is -0.119. The number of aromatic carboxylic acids is 1. The van der Waals surface area contributed by atoms with Crippen molar-refractivity contribution < 1.29 is 19.4 Å². The third-order valence-corrected chi connectivity index (χ3v) is 4.14. The number of carboxylic acids is 1. The number of anilines is 1. The van der Waals surface area contributed by atoms with Crippen molar-refractivity contribution in [2.45, 2.75) is 13.0 Å². The summed E-state index contributed by atoms with van der Waals surface area (Å²) in [5, 5.41) is 16.4. The second-order valence-electron chi connectivity index (χ2n) is 5.81. The summed E-state index contributed by atoms with van der Waals surface area (Å²) < 4.78 is 6.07. The number of ether oxygens (including phenoxy) is 1. The molecule has 1 heterocycles. The van der Waals surface area contributed by atoms with E-state index in [9.17, 15) is 19.5 Å². The standard InChI is InChI=1S/C19H17N3O5/c1-11(17(23)20-14-9-5-6-10-15(14)27-2)22-18(24)13-8-4-3-7-12(13)16(21-22)19(25)26/h3-11H,1-2H3,(H,20,23)(H,25,26). The molecule has 0 saturated carbocycles. The van der Waals surface area contributed by atoms with E-state index in [1.54, 1.807) is 36.4 Å². The topological polar surface area (TPSA) is 111 Å². The molecule has 8 nitrogen and oxygen atoms in total. The highest BCUT2D eigenvalue weighted by Gasteiger charge is 2.23. The molecule has 27 heavy (non-hydrogen) atoms. The van der Waals surface area contributed by atoms with Crippen LogP contribution in [-0.2, 0) is 4.79 Å². The van der Waals surface area contributed by atoms with E-state index in [2.05, 4.69) is 10.4 Å². The Morgan fingerprint density at radius 2 is 1.74 bits per heavy atom. The number of methoxy groups -OCH3 is 1. The summed E-state index contributed by atoms with van der Waals surface area (Å²) in [5.41, 5.74) is -0.399. The molecule has 1 aromatic heterocycles. The monoisotopic (exact) mass is 367 g/mol. The van der Waals surface area contributed by atoms with Crippen molar-refractivity contribution in [3.05, 3.63) is 64.6 Å². The number of para-hydroxylation sites is 2. The highest BCUT2D eigenvalue weighted by atomic mass is 16.5.